The van der Waals surface area contributed by atoms with Gasteiger partial charge in [-0.1, -0.05) is 11.6 Å². The van der Waals surface area contributed by atoms with Crippen molar-refractivity contribution in [3.05, 3.63) is 52.8 Å². The van der Waals surface area contributed by atoms with Gasteiger partial charge in [0.15, 0.2) is 0 Å². The lowest BCUT2D eigenvalue weighted by atomic mass is 10.3. The van der Waals surface area contributed by atoms with Gasteiger partial charge < -0.3 is 0 Å². The van der Waals surface area contributed by atoms with E-state index in [2.05, 4.69) is 9.71 Å². The zero-order valence-corrected chi connectivity index (χ0v) is 11.8. The Bertz CT molecular complexity index is 766. The van der Waals surface area contributed by atoms with Gasteiger partial charge in [-0.3, -0.25) is 4.72 Å². The van der Waals surface area contributed by atoms with Crippen molar-refractivity contribution in [2.45, 2.75) is 11.8 Å². The van der Waals surface area contributed by atoms with Gasteiger partial charge in [0.2, 0.25) is 0 Å². The molecule has 1 heterocycles. The van der Waals surface area contributed by atoms with Crippen molar-refractivity contribution < 1.29 is 17.2 Å². The quantitative estimate of drug-likeness (QED) is 0.885. The molecule has 106 valence electrons. The first-order chi connectivity index (χ1) is 9.29. The Labute approximate surface area is 119 Å². The fourth-order valence-electron chi connectivity index (χ4n) is 1.53. The highest BCUT2D eigenvalue weighted by Gasteiger charge is 2.20. The van der Waals surface area contributed by atoms with Crippen molar-refractivity contribution in [3.63, 3.8) is 0 Å². The average Bonchev–Trinajstić information content (AvgIpc) is 2.32. The summed E-state index contributed by atoms with van der Waals surface area (Å²) in [5.41, 5.74) is 0.502. The van der Waals surface area contributed by atoms with Crippen LogP contribution in [0.2, 0.25) is 5.15 Å². The molecule has 0 aliphatic rings. The van der Waals surface area contributed by atoms with Gasteiger partial charge in [-0.2, -0.15) is 0 Å². The number of nitrogens with zero attached hydrogens (tertiary/aromatic N) is 1. The summed E-state index contributed by atoms with van der Waals surface area (Å²) in [7, 11) is -4.17. The summed E-state index contributed by atoms with van der Waals surface area (Å²) in [6.07, 6.45) is 0. The highest BCUT2D eigenvalue weighted by Crippen LogP contribution is 2.22. The Kier molecular flexibility index (Phi) is 3.92. The maximum Gasteiger partial charge on any atom is 0.264 e. The van der Waals surface area contributed by atoms with E-state index in [4.69, 9.17) is 11.6 Å². The molecule has 0 saturated carbocycles. The van der Waals surface area contributed by atoms with Gasteiger partial charge in [0.25, 0.3) is 10.0 Å². The Morgan fingerprint density at radius 2 is 1.90 bits per heavy atom. The van der Waals surface area contributed by atoms with E-state index < -0.39 is 26.6 Å². The predicted molar refractivity (Wildman–Crippen MR) is 71.2 cm³/mol. The summed E-state index contributed by atoms with van der Waals surface area (Å²) in [6, 6.07) is 5.02. The number of aryl methyl sites for hydroxylation is 1. The van der Waals surface area contributed by atoms with E-state index in [1.807, 2.05) is 0 Å². The third-order valence-corrected chi connectivity index (χ3v) is 4.09. The first-order valence-electron chi connectivity index (χ1n) is 5.40. The first-order valence-corrected chi connectivity index (χ1v) is 7.27. The highest BCUT2D eigenvalue weighted by molar-refractivity contribution is 7.92. The first kappa shape index (κ1) is 14.7. The van der Waals surface area contributed by atoms with Gasteiger partial charge in [-0.05, 0) is 31.2 Å². The van der Waals surface area contributed by atoms with E-state index in [0.717, 1.165) is 12.1 Å². The number of aromatic nitrogens is 1. The van der Waals surface area contributed by atoms with Crippen LogP contribution >= 0.6 is 11.6 Å². The molecular formula is C12H9ClF2N2O2S. The van der Waals surface area contributed by atoms with E-state index in [-0.39, 0.29) is 10.8 Å². The van der Waals surface area contributed by atoms with Crippen molar-refractivity contribution in [3.8, 4) is 0 Å². The Morgan fingerprint density at radius 3 is 2.50 bits per heavy atom. The minimum atomic E-state index is -4.17. The van der Waals surface area contributed by atoms with Crippen LogP contribution in [0.3, 0.4) is 0 Å². The van der Waals surface area contributed by atoms with Gasteiger partial charge in [-0.25, -0.2) is 22.2 Å². The van der Waals surface area contributed by atoms with Crippen LogP contribution in [0.15, 0.2) is 35.2 Å². The van der Waals surface area contributed by atoms with E-state index in [1.54, 1.807) is 6.92 Å². The monoisotopic (exact) mass is 318 g/mol. The zero-order valence-electron chi connectivity index (χ0n) is 10.2. The number of pyridine rings is 1. The van der Waals surface area contributed by atoms with Crippen LogP contribution in [0.1, 0.15) is 5.69 Å². The van der Waals surface area contributed by atoms with Crippen LogP contribution in [0.25, 0.3) is 0 Å². The summed E-state index contributed by atoms with van der Waals surface area (Å²) >= 11 is 5.66. The minimum Gasteiger partial charge on any atom is -0.278 e. The third-order valence-electron chi connectivity index (χ3n) is 2.48. The lowest BCUT2D eigenvalue weighted by molar-refractivity contribution is 0.551. The van der Waals surface area contributed by atoms with Crippen molar-refractivity contribution in [1.82, 2.24) is 4.98 Å². The Morgan fingerprint density at radius 1 is 1.20 bits per heavy atom. The maximum atomic E-state index is 13.5. The summed E-state index contributed by atoms with van der Waals surface area (Å²) < 4.78 is 52.6. The number of hydrogen-bond donors (Lipinski definition) is 1. The molecule has 0 spiro atoms. The average molecular weight is 319 g/mol. The second-order valence-corrected chi connectivity index (χ2v) is 5.99. The molecule has 8 heteroatoms. The number of hydrogen-bond acceptors (Lipinski definition) is 3. The molecule has 0 unspecified atom stereocenters. The summed E-state index contributed by atoms with van der Waals surface area (Å²) in [4.78, 5) is 3.23. The summed E-state index contributed by atoms with van der Waals surface area (Å²) in [5, 5.41) is 0.207. The second kappa shape index (κ2) is 5.34. The standard InChI is InChI=1S/C12H9ClF2N2O2S/c1-7-10(3-5-12(13)16-7)17-20(18,19)11-4-2-8(14)6-9(11)15/h2-6,17H,1H3. The molecule has 0 saturated heterocycles. The Balaban J connectivity index is 2.41. The van der Waals surface area contributed by atoms with E-state index in [0.29, 0.717) is 11.8 Å². The number of halogens is 3. The van der Waals surface area contributed by atoms with Crippen LogP contribution < -0.4 is 4.72 Å². The molecule has 1 aromatic carbocycles. The molecule has 0 aliphatic heterocycles. The third kappa shape index (κ3) is 3.05. The van der Waals surface area contributed by atoms with Crippen molar-refractivity contribution in [2.75, 3.05) is 4.72 Å². The number of sulfonamides is 1. The maximum absolute atomic E-state index is 13.5. The molecule has 1 N–H and O–H groups in total. The van der Waals surface area contributed by atoms with Crippen LogP contribution in [0.5, 0.6) is 0 Å². The van der Waals surface area contributed by atoms with Gasteiger partial charge in [0.1, 0.15) is 21.7 Å². The number of anilines is 1. The number of nitrogens with one attached hydrogen (secondary N) is 1. The molecule has 1 aromatic heterocycles. The smallest absolute Gasteiger partial charge is 0.264 e. The molecule has 0 amide bonds. The lowest BCUT2D eigenvalue weighted by Crippen LogP contribution is -2.15. The second-order valence-electron chi connectivity index (χ2n) is 3.95. The lowest BCUT2D eigenvalue weighted by Gasteiger charge is -2.10. The molecule has 20 heavy (non-hydrogen) atoms. The molecule has 0 fully saturated rings. The molecule has 0 radical (unpaired) electrons. The van der Waals surface area contributed by atoms with Gasteiger partial charge in [0.05, 0.1) is 11.4 Å². The van der Waals surface area contributed by atoms with Crippen LogP contribution in [-0.2, 0) is 10.0 Å². The largest absolute Gasteiger partial charge is 0.278 e. The molecule has 2 aromatic rings. The molecular weight excluding hydrogens is 310 g/mol. The van der Waals surface area contributed by atoms with E-state index in [1.165, 1.54) is 12.1 Å². The molecule has 0 aliphatic carbocycles. The van der Waals surface area contributed by atoms with Crippen LogP contribution in [-0.4, -0.2) is 13.4 Å². The van der Waals surface area contributed by atoms with Crippen molar-refractivity contribution in [1.29, 1.82) is 0 Å². The van der Waals surface area contributed by atoms with Crippen LogP contribution in [0.4, 0.5) is 14.5 Å². The SMILES string of the molecule is Cc1nc(Cl)ccc1NS(=O)(=O)c1ccc(F)cc1F. The topological polar surface area (TPSA) is 59.1 Å². The fourth-order valence-corrected chi connectivity index (χ4v) is 2.90. The summed E-state index contributed by atoms with van der Waals surface area (Å²) in [6.45, 7) is 1.55. The predicted octanol–water partition coefficient (Wildman–Crippen LogP) is 3.12. The minimum absolute atomic E-state index is 0.165. The highest BCUT2D eigenvalue weighted by atomic mass is 35.5. The zero-order chi connectivity index (χ0) is 14.9. The number of benzene rings is 1. The Hall–Kier alpha value is -1.73. The number of rotatable bonds is 3. The van der Waals surface area contributed by atoms with E-state index in [9.17, 15) is 17.2 Å². The van der Waals surface area contributed by atoms with Crippen LogP contribution in [0, 0.1) is 18.6 Å². The molecule has 2 rings (SSSR count). The van der Waals surface area contributed by atoms with Crippen molar-refractivity contribution in [2.24, 2.45) is 0 Å². The van der Waals surface area contributed by atoms with Gasteiger partial charge in [0, 0.05) is 6.07 Å². The molecule has 4 nitrogen and oxygen atoms in total. The van der Waals surface area contributed by atoms with Gasteiger partial charge in [-0.15, -0.1) is 0 Å². The molecule has 0 bridgehead atoms. The van der Waals surface area contributed by atoms with Crippen molar-refractivity contribution >= 4 is 27.3 Å². The van der Waals surface area contributed by atoms with Gasteiger partial charge >= 0.3 is 0 Å². The van der Waals surface area contributed by atoms with E-state index >= 15 is 0 Å². The normalized spacial score (nSPS) is 11.4. The fraction of sp³-hybridized carbons (Fsp3) is 0.0833. The summed E-state index contributed by atoms with van der Waals surface area (Å²) in [5.74, 6) is -2.03. The molecule has 0 atom stereocenters.